The van der Waals surface area contributed by atoms with Crippen molar-refractivity contribution in [2.45, 2.75) is 0 Å². The molecule has 0 spiro atoms. The number of para-hydroxylation sites is 2. The second kappa shape index (κ2) is 10.8. The molecule has 2 heteroatoms. The number of anilines is 3. The van der Waals surface area contributed by atoms with Crippen LogP contribution in [0.2, 0.25) is 0 Å². The predicted octanol–water partition coefficient (Wildman–Crippen LogP) is 12.2. The molecule has 216 valence electrons. The topological polar surface area (TPSA) is 8.17 Å². The largest absolute Gasteiger partial charge is 0.310 e. The van der Waals surface area contributed by atoms with Crippen LogP contribution >= 0.6 is 0 Å². The van der Waals surface area contributed by atoms with Gasteiger partial charge in [0, 0.05) is 33.2 Å². The lowest BCUT2D eigenvalue weighted by atomic mass is 9.98. The fourth-order valence-electron chi connectivity index (χ4n) is 7.04. The molecule has 0 amide bonds. The Balaban J connectivity index is 1.31. The van der Waals surface area contributed by atoms with E-state index in [0.29, 0.717) is 0 Å². The van der Waals surface area contributed by atoms with Crippen LogP contribution in [0.25, 0.3) is 60.2 Å². The summed E-state index contributed by atoms with van der Waals surface area (Å²) in [4.78, 5) is 2.43. The van der Waals surface area contributed by atoms with Gasteiger partial charge in [0.15, 0.2) is 0 Å². The van der Waals surface area contributed by atoms with E-state index in [-0.39, 0.29) is 0 Å². The fourth-order valence-corrected chi connectivity index (χ4v) is 7.04. The molecule has 0 saturated heterocycles. The second-order valence-electron chi connectivity index (χ2n) is 11.8. The highest BCUT2D eigenvalue weighted by molar-refractivity contribution is 6.15. The number of hydrogen-bond acceptors (Lipinski definition) is 1. The molecule has 0 bridgehead atoms. The molecule has 0 N–H and O–H groups in total. The van der Waals surface area contributed by atoms with Gasteiger partial charge < -0.3 is 9.47 Å². The Morgan fingerprint density at radius 3 is 1.70 bits per heavy atom. The van der Waals surface area contributed by atoms with Crippen molar-refractivity contribution >= 4 is 60.4 Å². The molecule has 0 aliphatic heterocycles. The van der Waals surface area contributed by atoms with E-state index in [1.54, 1.807) is 0 Å². The van der Waals surface area contributed by atoms with Gasteiger partial charge in [0.25, 0.3) is 0 Å². The highest BCUT2D eigenvalue weighted by atomic mass is 15.1. The minimum atomic E-state index is 1.12. The maximum Gasteiger partial charge on any atom is 0.0546 e. The van der Waals surface area contributed by atoms with Crippen LogP contribution in [0.1, 0.15) is 0 Å². The molecule has 8 aromatic carbocycles. The van der Waals surface area contributed by atoms with E-state index in [4.69, 9.17) is 0 Å². The Morgan fingerprint density at radius 2 is 0.913 bits per heavy atom. The quantitative estimate of drug-likeness (QED) is 0.182. The third kappa shape index (κ3) is 4.27. The minimum Gasteiger partial charge on any atom is -0.310 e. The van der Waals surface area contributed by atoms with Crippen molar-refractivity contribution in [1.82, 2.24) is 4.57 Å². The van der Waals surface area contributed by atoms with Crippen molar-refractivity contribution in [2.24, 2.45) is 0 Å². The van der Waals surface area contributed by atoms with Gasteiger partial charge in [-0.15, -0.1) is 0 Å². The molecule has 0 aliphatic carbocycles. The third-order valence-corrected chi connectivity index (χ3v) is 9.15. The zero-order valence-corrected chi connectivity index (χ0v) is 25.2. The Morgan fingerprint density at radius 1 is 0.348 bits per heavy atom. The van der Waals surface area contributed by atoms with Crippen molar-refractivity contribution in [3.8, 4) is 16.8 Å². The summed E-state index contributed by atoms with van der Waals surface area (Å²) in [5.41, 5.74) is 9.38. The molecule has 1 aromatic heterocycles. The second-order valence-corrected chi connectivity index (χ2v) is 11.8. The summed E-state index contributed by atoms with van der Waals surface area (Å²) in [5.74, 6) is 0. The number of fused-ring (bicyclic) bond motifs is 6. The summed E-state index contributed by atoms with van der Waals surface area (Å²) in [6, 6.07) is 65.7. The van der Waals surface area contributed by atoms with E-state index in [1.807, 2.05) is 0 Å². The molecular formula is C44H30N2. The van der Waals surface area contributed by atoms with Gasteiger partial charge in [-0.05, 0) is 81.9 Å². The molecule has 46 heavy (non-hydrogen) atoms. The van der Waals surface area contributed by atoms with Crippen LogP contribution in [-0.2, 0) is 0 Å². The van der Waals surface area contributed by atoms with Crippen LogP contribution < -0.4 is 4.90 Å². The maximum absolute atomic E-state index is 2.43. The lowest BCUT2D eigenvalue weighted by Gasteiger charge is -2.28. The summed E-state index contributed by atoms with van der Waals surface area (Å²) < 4.78 is 2.37. The average Bonchev–Trinajstić information content (AvgIpc) is 3.47. The first-order valence-electron chi connectivity index (χ1n) is 15.8. The molecule has 0 unspecified atom stereocenters. The molecule has 0 radical (unpaired) electrons. The smallest absolute Gasteiger partial charge is 0.0546 e. The third-order valence-electron chi connectivity index (χ3n) is 9.15. The maximum atomic E-state index is 2.43. The molecule has 0 aliphatic rings. The zero-order valence-electron chi connectivity index (χ0n) is 25.2. The van der Waals surface area contributed by atoms with Gasteiger partial charge in [-0.25, -0.2) is 0 Å². The van der Waals surface area contributed by atoms with E-state index < -0.39 is 0 Å². The first-order chi connectivity index (χ1) is 22.8. The number of rotatable bonds is 5. The van der Waals surface area contributed by atoms with Gasteiger partial charge in [0.2, 0.25) is 0 Å². The molecule has 0 fully saturated rings. The summed E-state index contributed by atoms with van der Waals surface area (Å²) in [7, 11) is 0. The summed E-state index contributed by atoms with van der Waals surface area (Å²) in [6.45, 7) is 0. The Bertz CT molecular complexity index is 2510. The Hall–Kier alpha value is -6.12. The van der Waals surface area contributed by atoms with Crippen molar-refractivity contribution < 1.29 is 0 Å². The predicted molar refractivity (Wildman–Crippen MR) is 196 cm³/mol. The zero-order chi connectivity index (χ0) is 30.5. The molecular weight excluding hydrogens is 556 g/mol. The van der Waals surface area contributed by atoms with Crippen LogP contribution in [0.15, 0.2) is 182 Å². The SMILES string of the molecule is c1ccc(-c2ccc(N(c3ccc4c(c3)c3ccccc3n4-c3ccccc3)c3cc4ccccc4c4ccccc34)cc2)cc1. The number of aromatic nitrogens is 1. The van der Waals surface area contributed by atoms with Gasteiger partial charge in [0.05, 0.1) is 16.7 Å². The summed E-state index contributed by atoms with van der Waals surface area (Å²) in [5, 5.41) is 7.44. The molecule has 0 saturated carbocycles. The lowest BCUT2D eigenvalue weighted by Crippen LogP contribution is -2.10. The van der Waals surface area contributed by atoms with Crippen LogP contribution in [-0.4, -0.2) is 4.57 Å². The van der Waals surface area contributed by atoms with Crippen LogP contribution in [0.4, 0.5) is 17.1 Å². The molecule has 2 nitrogen and oxygen atoms in total. The minimum absolute atomic E-state index is 1.12. The molecule has 1 heterocycles. The summed E-state index contributed by atoms with van der Waals surface area (Å²) in [6.07, 6.45) is 0. The lowest BCUT2D eigenvalue weighted by molar-refractivity contribution is 1.18. The van der Waals surface area contributed by atoms with Gasteiger partial charge in [0.1, 0.15) is 0 Å². The van der Waals surface area contributed by atoms with Gasteiger partial charge in [-0.3, -0.25) is 0 Å². The van der Waals surface area contributed by atoms with Crippen molar-refractivity contribution in [3.63, 3.8) is 0 Å². The summed E-state index contributed by atoms with van der Waals surface area (Å²) >= 11 is 0. The van der Waals surface area contributed by atoms with Crippen molar-refractivity contribution in [1.29, 1.82) is 0 Å². The van der Waals surface area contributed by atoms with E-state index >= 15 is 0 Å². The molecule has 9 rings (SSSR count). The number of nitrogens with zero attached hydrogens (tertiary/aromatic N) is 2. The average molecular weight is 587 g/mol. The standard InChI is InChI=1S/C44H30N2/c1-3-13-31(14-4-1)32-23-25-35(26-24-32)45(44-29-33-15-7-8-18-37(33)38-19-9-10-20-39(38)44)36-27-28-43-41(30-36)40-21-11-12-22-42(40)46(43)34-16-5-2-6-17-34/h1-30H. The highest BCUT2D eigenvalue weighted by Gasteiger charge is 2.20. The van der Waals surface area contributed by atoms with E-state index in [0.717, 1.165) is 22.7 Å². The number of hydrogen-bond donors (Lipinski definition) is 0. The Labute approximate surface area is 268 Å². The van der Waals surface area contributed by atoms with E-state index in [2.05, 4.69) is 191 Å². The van der Waals surface area contributed by atoms with Gasteiger partial charge >= 0.3 is 0 Å². The Kier molecular flexibility index (Phi) is 6.17. The van der Waals surface area contributed by atoms with Crippen LogP contribution in [0, 0.1) is 0 Å². The molecule has 0 atom stereocenters. The van der Waals surface area contributed by atoms with Crippen LogP contribution in [0.3, 0.4) is 0 Å². The normalized spacial score (nSPS) is 11.5. The molecule has 9 aromatic rings. The van der Waals surface area contributed by atoms with Crippen molar-refractivity contribution in [3.05, 3.63) is 182 Å². The fraction of sp³-hybridized carbons (Fsp3) is 0. The van der Waals surface area contributed by atoms with Gasteiger partial charge in [-0.2, -0.15) is 0 Å². The van der Waals surface area contributed by atoms with E-state index in [1.165, 1.54) is 54.5 Å². The first-order valence-corrected chi connectivity index (χ1v) is 15.8. The van der Waals surface area contributed by atoms with Gasteiger partial charge in [-0.1, -0.05) is 127 Å². The van der Waals surface area contributed by atoms with Crippen LogP contribution in [0.5, 0.6) is 0 Å². The van der Waals surface area contributed by atoms with E-state index in [9.17, 15) is 0 Å². The highest BCUT2D eigenvalue weighted by Crippen LogP contribution is 2.44. The first kappa shape index (κ1) is 26.3. The monoisotopic (exact) mass is 586 g/mol. The number of benzene rings is 8. The van der Waals surface area contributed by atoms with Crippen molar-refractivity contribution in [2.75, 3.05) is 4.90 Å².